The summed E-state index contributed by atoms with van der Waals surface area (Å²) in [7, 11) is 1.70. The van der Waals surface area contributed by atoms with E-state index in [-0.39, 0.29) is 21.1 Å². The number of aromatic nitrogens is 2. The predicted molar refractivity (Wildman–Crippen MR) is 69.3 cm³/mol. The Labute approximate surface area is 122 Å². The number of hydrogen-bond donors (Lipinski definition) is 0. The van der Waals surface area contributed by atoms with Crippen molar-refractivity contribution in [3.63, 3.8) is 0 Å². The average Bonchev–Trinajstić information content (AvgIpc) is 2.77. The summed E-state index contributed by atoms with van der Waals surface area (Å²) in [5, 5.41) is 4.37. The van der Waals surface area contributed by atoms with Crippen LogP contribution in [-0.4, -0.2) is 16.9 Å². The van der Waals surface area contributed by atoms with Gasteiger partial charge in [0.25, 0.3) is 0 Å². The summed E-state index contributed by atoms with van der Waals surface area (Å²) in [6, 6.07) is 6.45. The second kappa shape index (κ2) is 6.19. The minimum Gasteiger partial charge on any atom is -0.496 e. The van der Waals surface area contributed by atoms with Gasteiger partial charge in [-0.25, -0.2) is 0 Å². The number of methoxy groups -OCH3 is 1. The standard InChI is InChI=1S/C14H18N2O.Pt/c1-10(2)16-9-12(8-15-16)14-11(3)6-5-7-13(14)17-4;/h5-10H,1-4H3;. The number of rotatable bonds is 3. The SMILES string of the molecule is COc1cccc(C)c1-c1cnn(C(C)C)c1.[Pt]. The Kier molecular flexibility index (Phi) is 5.15. The fourth-order valence-electron chi connectivity index (χ4n) is 1.93. The molecule has 0 bridgehead atoms. The van der Waals surface area contributed by atoms with Crippen molar-refractivity contribution in [2.75, 3.05) is 7.11 Å². The molecule has 2 aromatic rings. The molecule has 0 aliphatic heterocycles. The minimum absolute atomic E-state index is 0. The van der Waals surface area contributed by atoms with Crippen molar-refractivity contribution in [3.05, 3.63) is 36.2 Å². The van der Waals surface area contributed by atoms with Crippen molar-refractivity contribution >= 4 is 0 Å². The van der Waals surface area contributed by atoms with Gasteiger partial charge >= 0.3 is 0 Å². The average molecular weight is 425 g/mol. The molecule has 0 spiro atoms. The van der Waals surface area contributed by atoms with E-state index in [1.807, 2.05) is 23.0 Å². The van der Waals surface area contributed by atoms with Gasteiger partial charge in [0.2, 0.25) is 0 Å². The number of hydrogen-bond acceptors (Lipinski definition) is 2. The van der Waals surface area contributed by atoms with Crippen molar-refractivity contribution in [1.29, 1.82) is 0 Å². The van der Waals surface area contributed by atoms with Crippen molar-refractivity contribution in [1.82, 2.24) is 9.78 Å². The van der Waals surface area contributed by atoms with Gasteiger partial charge in [-0.15, -0.1) is 0 Å². The molecule has 0 saturated carbocycles. The first-order valence-electron chi connectivity index (χ1n) is 5.81. The third-order valence-electron chi connectivity index (χ3n) is 2.87. The molecular weight excluding hydrogens is 407 g/mol. The molecule has 2 rings (SSSR count). The molecule has 0 unspecified atom stereocenters. The minimum atomic E-state index is 0. The van der Waals surface area contributed by atoms with Crippen LogP contribution in [0.15, 0.2) is 30.6 Å². The molecular formula is C14H18N2OPt. The quantitative estimate of drug-likeness (QED) is 0.754. The van der Waals surface area contributed by atoms with E-state index in [1.165, 1.54) is 5.56 Å². The van der Waals surface area contributed by atoms with Gasteiger partial charge in [-0.2, -0.15) is 5.10 Å². The van der Waals surface area contributed by atoms with Gasteiger partial charge in [-0.1, -0.05) is 12.1 Å². The van der Waals surface area contributed by atoms with E-state index in [0.717, 1.165) is 16.9 Å². The Morgan fingerprint density at radius 2 is 2.00 bits per heavy atom. The molecule has 0 aliphatic rings. The Bertz CT molecular complexity index is 520. The topological polar surface area (TPSA) is 27.1 Å². The molecule has 3 nitrogen and oxygen atoms in total. The third-order valence-corrected chi connectivity index (χ3v) is 2.87. The van der Waals surface area contributed by atoms with Gasteiger partial charge in [0.05, 0.1) is 13.3 Å². The van der Waals surface area contributed by atoms with Crippen LogP contribution in [0.3, 0.4) is 0 Å². The van der Waals surface area contributed by atoms with E-state index >= 15 is 0 Å². The maximum Gasteiger partial charge on any atom is 0.127 e. The van der Waals surface area contributed by atoms with Gasteiger partial charge in [0.15, 0.2) is 0 Å². The Hall–Kier alpha value is -1.08. The van der Waals surface area contributed by atoms with Crippen LogP contribution in [0.5, 0.6) is 5.75 Å². The monoisotopic (exact) mass is 425 g/mol. The van der Waals surface area contributed by atoms with E-state index in [0.29, 0.717) is 6.04 Å². The summed E-state index contributed by atoms with van der Waals surface area (Å²) in [4.78, 5) is 0. The van der Waals surface area contributed by atoms with E-state index in [2.05, 4.69) is 38.1 Å². The summed E-state index contributed by atoms with van der Waals surface area (Å²) >= 11 is 0. The fraction of sp³-hybridized carbons (Fsp3) is 0.357. The summed E-state index contributed by atoms with van der Waals surface area (Å²) in [6.45, 7) is 6.32. The van der Waals surface area contributed by atoms with Crippen LogP contribution in [0, 0.1) is 6.92 Å². The first kappa shape index (κ1) is 15.0. The maximum atomic E-state index is 5.41. The van der Waals surface area contributed by atoms with Crippen molar-refractivity contribution in [2.45, 2.75) is 26.8 Å². The number of ether oxygens (including phenoxy) is 1. The molecule has 100 valence electrons. The summed E-state index contributed by atoms with van der Waals surface area (Å²) in [5.74, 6) is 0.897. The first-order chi connectivity index (χ1) is 8.13. The molecule has 0 aliphatic carbocycles. The molecule has 0 radical (unpaired) electrons. The normalized spacial score (nSPS) is 10.3. The number of nitrogens with zero attached hydrogens (tertiary/aromatic N) is 2. The van der Waals surface area contributed by atoms with E-state index in [1.54, 1.807) is 7.11 Å². The van der Waals surface area contributed by atoms with Crippen LogP contribution >= 0.6 is 0 Å². The van der Waals surface area contributed by atoms with E-state index < -0.39 is 0 Å². The molecule has 1 aromatic carbocycles. The zero-order valence-corrected chi connectivity index (χ0v) is 13.4. The first-order valence-corrected chi connectivity index (χ1v) is 5.81. The Morgan fingerprint density at radius 3 is 2.56 bits per heavy atom. The van der Waals surface area contributed by atoms with Gasteiger partial charge in [-0.3, -0.25) is 4.68 Å². The summed E-state index contributed by atoms with van der Waals surface area (Å²) in [5.41, 5.74) is 3.43. The molecule has 1 aromatic heterocycles. The zero-order chi connectivity index (χ0) is 12.4. The molecule has 0 amide bonds. The van der Waals surface area contributed by atoms with Crippen molar-refractivity contribution in [2.24, 2.45) is 0 Å². The molecule has 0 saturated heterocycles. The molecule has 4 heteroatoms. The fourth-order valence-corrected chi connectivity index (χ4v) is 1.93. The van der Waals surface area contributed by atoms with E-state index in [9.17, 15) is 0 Å². The predicted octanol–water partition coefficient (Wildman–Crippen LogP) is 3.45. The van der Waals surface area contributed by atoms with E-state index in [4.69, 9.17) is 4.74 Å². The Morgan fingerprint density at radius 1 is 1.28 bits per heavy atom. The largest absolute Gasteiger partial charge is 0.496 e. The van der Waals surface area contributed by atoms with Crippen LogP contribution < -0.4 is 4.74 Å². The molecule has 0 atom stereocenters. The second-order valence-electron chi connectivity index (χ2n) is 4.45. The summed E-state index contributed by atoms with van der Waals surface area (Å²) in [6.07, 6.45) is 3.96. The van der Waals surface area contributed by atoms with Crippen molar-refractivity contribution < 1.29 is 25.8 Å². The third kappa shape index (κ3) is 2.84. The van der Waals surface area contributed by atoms with Gasteiger partial charge in [0, 0.05) is 44.4 Å². The van der Waals surface area contributed by atoms with Gasteiger partial charge in [-0.05, 0) is 32.4 Å². The van der Waals surface area contributed by atoms with Crippen LogP contribution in [-0.2, 0) is 21.1 Å². The second-order valence-corrected chi connectivity index (χ2v) is 4.45. The van der Waals surface area contributed by atoms with Crippen LogP contribution in [0.4, 0.5) is 0 Å². The Balaban J connectivity index is 0.00000162. The van der Waals surface area contributed by atoms with Crippen LogP contribution in [0.25, 0.3) is 11.1 Å². The number of benzene rings is 1. The van der Waals surface area contributed by atoms with Crippen molar-refractivity contribution in [3.8, 4) is 16.9 Å². The van der Waals surface area contributed by atoms with Crippen LogP contribution in [0.1, 0.15) is 25.5 Å². The smallest absolute Gasteiger partial charge is 0.127 e. The summed E-state index contributed by atoms with van der Waals surface area (Å²) < 4.78 is 7.37. The van der Waals surface area contributed by atoms with Gasteiger partial charge < -0.3 is 4.74 Å². The molecule has 18 heavy (non-hydrogen) atoms. The molecule has 1 heterocycles. The molecule has 0 fully saturated rings. The number of aryl methyl sites for hydroxylation is 1. The van der Waals surface area contributed by atoms with Gasteiger partial charge in [0.1, 0.15) is 5.75 Å². The van der Waals surface area contributed by atoms with Crippen LogP contribution in [0.2, 0.25) is 0 Å². The zero-order valence-electron chi connectivity index (χ0n) is 11.1. The maximum absolute atomic E-state index is 5.41. The molecule has 0 N–H and O–H groups in total.